The molecule has 2 rings (SSSR count). The maximum atomic E-state index is 11.2. The Morgan fingerprint density at radius 3 is 2.59 bits per heavy atom. The summed E-state index contributed by atoms with van der Waals surface area (Å²) < 4.78 is 10.3. The minimum Gasteiger partial charge on any atom is -0.481 e. The van der Waals surface area contributed by atoms with Crippen LogP contribution in [0, 0.1) is 11.8 Å². The number of aliphatic carboxylic acids is 1. The third kappa shape index (κ3) is 2.77. The number of methoxy groups -OCH3 is 1. The van der Waals surface area contributed by atoms with E-state index in [0.29, 0.717) is 6.61 Å². The first kappa shape index (κ1) is 12.4. The van der Waals surface area contributed by atoms with Gasteiger partial charge in [-0.25, -0.2) is 0 Å². The fraction of sp³-hybridized carbons (Fsp3) is 0.833. The van der Waals surface area contributed by atoms with E-state index in [2.05, 4.69) is 4.74 Å². The number of hydrogen-bond donors (Lipinski definition) is 1. The summed E-state index contributed by atoms with van der Waals surface area (Å²) in [7, 11) is 1.28. The van der Waals surface area contributed by atoms with E-state index in [-0.39, 0.29) is 17.9 Å². The average Bonchev–Trinajstić information content (AvgIpc) is 3.06. The maximum Gasteiger partial charge on any atom is 0.307 e. The standard InChI is InChI=1S/C12H18O5/c1-16-10(13)6-9(11(14)15)8-2-3-12(4-5-12)17-7-8/h8-9H,2-7H2,1H3,(H,14,15). The summed E-state index contributed by atoms with van der Waals surface area (Å²) in [6, 6.07) is 0. The third-order valence-electron chi connectivity index (χ3n) is 3.88. The van der Waals surface area contributed by atoms with Crippen molar-refractivity contribution in [3.05, 3.63) is 0 Å². The predicted molar refractivity (Wildman–Crippen MR) is 58.4 cm³/mol. The number of carboxylic acids is 1. The van der Waals surface area contributed by atoms with Crippen molar-refractivity contribution in [2.24, 2.45) is 11.8 Å². The van der Waals surface area contributed by atoms with Crippen LogP contribution in [0.1, 0.15) is 32.1 Å². The quantitative estimate of drug-likeness (QED) is 0.750. The van der Waals surface area contributed by atoms with Crippen molar-refractivity contribution in [3.8, 4) is 0 Å². The largest absolute Gasteiger partial charge is 0.481 e. The van der Waals surface area contributed by atoms with Gasteiger partial charge in [0.1, 0.15) is 0 Å². The SMILES string of the molecule is COC(=O)CC(C(=O)O)C1CCC2(CC2)OC1. The molecule has 0 bridgehead atoms. The van der Waals surface area contributed by atoms with Gasteiger partial charge in [-0.3, -0.25) is 9.59 Å². The summed E-state index contributed by atoms with van der Waals surface area (Å²) in [4.78, 5) is 22.3. The van der Waals surface area contributed by atoms with Gasteiger partial charge in [-0.15, -0.1) is 0 Å². The Bertz CT molecular complexity index is 311. The summed E-state index contributed by atoms with van der Waals surface area (Å²) in [5.41, 5.74) is 0.0603. The Morgan fingerprint density at radius 1 is 1.47 bits per heavy atom. The van der Waals surface area contributed by atoms with Crippen molar-refractivity contribution in [3.63, 3.8) is 0 Å². The molecule has 96 valence electrons. The summed E-state index contributed by atoms with van der Waals surface area (Å²) in [6.45, 7) is 0.452. The molecule has 17 heavy (non-hydrogen) atoms. The van der Waals surface area contributed by atoms with Gasteiger partial charge in [-0.2, -0.15) is 0 Å². The van der Waals surface area contributed by atoms with E-state index >= 15 is 0 Å². The molecule has 0 aromatic carbocycles. The molecular formula is C12H18O5. The molecule has 2 aliphatic rings. The zero-order valence-electron chi connectivity index (χ0n) is 9.98. The van der Waals surface area contributed by atoms with Crippen molar-refractivity contribution in [2.75, 3.05) is 13.7 Å². The molecule has 2 atom stereocenters. The predicted octanol–water partition coefficient (Wildman–Crippen LogP) is 1.21. The van der Waals surface area contributed by atoms with Crippen LogP contribution in [-0.4, -0.2) is 36.4 Å². The first-order chi connectivity index (χ1) is 8.06. The van der Waals surface area contributed by atoms with E-state index in [0.717, 1.165) is 25.7 Å². The molecule has 1 aliphatic heterocycles. The molecule has 2 unspecified atom stereocenters. The summed E-state index contributed by atoms with van der Waals surface area (Å²) >= 11 is 0. The van der Waals surface area contributed by atoms with Crippen LogP contribution in [0.25, 0.3) is 0 Å². The molecule has 2 fully saturated rings. The first-order valence-electron chi connectivity index (χ1n) is 6.00. The normalized spacial score (nSPS) is 27.5. The Kier molecular flexibility index (Phi) is 3.38. The summed E-state index contributed by atoms with van der Waals surface area (Å²) in [5, 5.41) is 9.15. The van der Waals surface area contributed by atoms with Crippen LogP contribution in [0.5, 0.6) is 0 Å². The lowest BCUT2D eigenvalue weighted by Gasteiger charge is -2.32. The van der Waals surface area contributed by atoms with Crippen LogP contribution in [-0.2, 0) is 19.1 Å². The van der Waals surface area contributed by atoms with Gasteiger partial charge in [0.25, 0.3) is 0 Å². The summed E-state index contributed by atoms with van der Waals surface area (Å²) in [6.07, 6.45) is 3.87. The molecule has 0 aromatic rings. The lowest BCUT2D eigenvalue weighted by atomic mass is 9.83. The third-order valence-corrected chi connectivity index (χ3v) is 3.88. The molecule has 1 saturated carbocycles. The van der Waals surface area contributed by atoms with Crippen LogP contribution in [0.2, 0.25) is 0 Å². The molecule has 1 N–H and O–H groups in total. The number of carbonyl (C=O) groups is 2. The summed E-state index contributed by atoms with van der Waals surface area (Å²) in [5.74, 6) is -2.16. The Morgan fingerprint density at radius 2 is 2.18 bits per heavy atom. The number of carbonyl (C=O) groups excluding carboxylic acids is 1. The highest BCUT2D eigenvalue weighted by molar-refractivity contribution is 5.79. The molecular weight excluding hydrogens is 224 g/mol. The van der Waals surface area contributed by atoms with Crippen LogP contribution >= 0.6 is 0 Å². The molecule has 5 heteroatoms. The van der Waals surface area contributed by atoms with Crippen LogP contribution in [0.3, 0.4) is 0 Å². The topological polar surface area (TPSA) is 72.8 Å². The van der Waals surface area contributed by atoms with E-state index in [1.54, 1.807) is 0 Å². The zero-order valence-corrected chi connectivity index (χ0v) is 9.98. The van der Waals surface area contributed by atoms with E-state index in [1.807, 2.05) is 0 Å². The Hall–Kier alpha value is -1.10. The van der Waals surface area contributed by atoms with Gasteiger partial charge >= 0.3 is 11.9 Å². The second-order valence-electron chi connectivity index (χ2n) is 5.02. The average molecular weight is 242 g/mol. The molecule has 0 aromatic heterocycles. The van der Waals surface area contributed by atoms with Crippen molar-refractivity contribution in [1.29, 1.82) is 0 Å². The lowest BCUT2D eigenvalue weighted by molar-refractivity contribution is -0.155. The molecule has 1 aliphatic carbocycles. The van der Waals surface area contributed by atoms with Crippen LogP contribution in [0.4, 0.5) is 0 Å². The molecule has 1 heterocycles. The van der Waals surface area contributed by atoms with Gasteiger partial charge in [0.15, 0.2) is 0 Å². The van der Waals surface area contributed by atoms with Crippen molar-refractivity contribution in [1.82, 2.24) is 0 Å². The van der Waals surface area contributed by atoms with E-state index < -0.39 is 17.9 Å². The monoisotopic (exact) mass is 242 g/mol. The molecule has 1 saturated heterocycles. The van der Waals surface area contributed by atoms with Crippen molar-refractivity contribution < 1.29 is 24.2 Å². The van der Waals surface area contributed by atoms with Crippen molar-refractivity contribution >= 4 is 11.9 Å². The Balaban J connectivity index is 1.92. The fourth-order valence-corrected chi connectivity index (χ4v) is 2.46. The molecule has 0 radical (unpaired) electrons. The zero-order chi connectivity index (χ0) is 12.5. The number of esters is 1. The highest BCUT2D eigenvalue weighted by Gasteiger charge is 2.48. The van der Waals surface area contributed by atoms with Gasteiger partial charge in [0, 0.05) is 0 Å². The maximum absolute atomic E-state index is 11.2. The highest BCUT2D eigenvalue weighted by Crippen LogP contribution is 2.48. The minimum atomic E-state index is -0.934. The van der Waals surface area contributed by atoms with Crippen LogP contribution in [0.15, 0.2) is 0 Å². The van der Waals surface area contributed by atoms with Gasteiger partial charge in [0.2, 0.25) is 0 Å². The van der Waals surface area contributed by atoms with Gasteiger partial charge in [-0.05, 0) is 31.6 Å². The minimum absolute atomic E-state index is 0.0603. The smallest absolute Gasteiger partial charge is 0.307 e. The van der Waals surface area contributed by atoms with E-state index in [9.17, 15) is 9.59 Å². The first-order valence-corrected chi connectivity index (χ1v) is 6.00. The van der Waals surface area contributed by atoms with Gasteiger partial charge < -0.3 is 14.6 Å². The highest BCUT2D eigenvalue weighted by atomic mass is 16.5. The Labute approximate surface area is 100 Å². The fourth-order valence-electron chi connectivity index (χ4n) is 2.46. The number of rotatable bonds is 4. The van der Waals surface area contributed by atoms with E-state index in [4.69, 9.17) is 9.84 Å². The second-order valence-corrected chi connectivity index (χ2v) is 5.02. The van der Waals surface area contributed by atoms with Gasteiger partial charge in [0.05, 0.1) is 31.7 Å². The van der Waals surface area contributed by atoms with Crippen LogP contribution < -0.4 is 0 Å². The van der Waals surface area contributed by atoms with Gasteiger partial charge in [-0.1, -0.05) is 0 Å². The molecule has 1 spiro atoms. The van der Waals surface area contributed by atoms with E-state index in [1.165, 1.54) is 7.11 Å². The molecule has 5 nitrogen and oxygen atoms in total. The molecule has 0 amide bonds. The van der Waals surface area contributed by atoms with Crippen molar-refractivity contribution in [2.45, 2.75) is 37.7 Å². The second kappa shape index (κ2) is 4.64. The number of carboxylic acid groups (broad SMARTS) is 1. The lowest BCUT2D eigenvalue weighted by Crippen LogP contribution is -2.36. The number of ether oxygens (including phenoxy) is 2. The number of hydrogen-bond acceptors (Lipinski definition) is 4.